The van der Waals surface area contributed by atoms with Crippen molar-refractivity contribution in [3.63, 3.8) is 0 Å². The predicted molar refractivity (Wildman–Crippen MR) is 74.8 cm³/mol. The van der Waals surface area contributed by atoms with Gasteiger partial charge in [-0.15, -0.1) is 0 Å². The molecule has 3 fully saturated rings. The topological polar surface area (TPSA) is 29.5 Å². The van der Waals surface area contributed by atoms with Crippen LogP contribution in [0.4, 0.5) is 0 Å². The maximum atomic E-state index is 11.4. The maximum absolute atomic E-state index is 11.4. The zero-order valence-corrected chi connectivity index (χ0v) is 12.1. The van der Waals surface area contributed by atoms with Crippen LogP contribution in [0.15, 0.2) is 0 Å². The number of ether oxygens (including phenoxy) is 1. The Kier molecular flexibility index (Phi) is 4.11. The van der Waals surface area contributed by atoms with Crippen LogP contribution in [-0.4, -0.2) is 36.1 Å². The molecule has 0 amide bonds. The van der Waals surface area contributed by atoms with Crippen LogP contribution in [0.5, 0.6) is 0 Å². The fraction of sp³-hybridized carbons (Fsp3) is 0.938. The Morgan fingerprint density at radius 3 is 2.53 bits per heavy atom. The quantitative estimate of drug-likeness (QED) is 0.719. The first-order chi connectivity index (χ1) is 9.25. The molecule has 1 aliphatic heterocycles. The Morgan fingerprint density at radius 2 is 1.79 bits per heavy atom. The van der Waals surface area contributed by atoms with Crippen LogP contribution >= 0.6 is 0 Å². The molecule has 0 unspecified atom stereocenters. The van der Waals surface area contributed by atoms with E-state index in [2.05, 4.69) is 4.90 Å². The van der Waals surface area contributed by atoms with E-state index in [1.54, 1.807) is 6.92 Å². The van der Waals surface area contributed by atoms with Gasteiger partial charge in [-0.1, -0.05) is 12.8 Å². The van der Waals surface area contributed by atoms with Gasteiger partial charge in [-0.05, 0) is 57.5 Å². The highest BCUT2D eigenvalue weighted by atomic mass is 16.5. The van der Waals surface area contributed by atoms with E-state index in [0.717, 1.165) is 0 Å². The van der Waals surface area contributed by atoms with Gasteiger partial charge in [-0.3, -0.25) is 9.69 Å². The van der Waals surface area contributed by atoms with E-state index >= 15 is 0 Å². The summed E-state index contributed by atoms with van der Waals surface area (Å²) in [6.07, 6.45) is 10.8. The molecule has 3 aliphatic rings. The minimum absolute atomic E-state index is 0.0822. The second-order valence-corrected chi connectivity index (χ2v) is 6.67. The van der Waals surface area contributed by atoms with Gasteiger partial charge in [0.05, 0.1) is 0 Å². The molecule has 19 heavy (non-hydrogen) atoms. The first-order valence-corrected chi connectivity index (χ1v) is 8.17. The molecule has 3 heteroatoms. The zero-order valence-electron chi connectivity index (χ0n) is 12.1. The lowest BCUT2D eigenvalue weighted by atomic mass is 9.67. The highest BCUT2D eigenvalue weighted by Crippen LogP contribution is 2.44. The van der Waals surface area contributed by atoms with Crippen molar-refractivity contribution in [3.05, 3.63) is 0 Å². The van der Waals surface area contributed by atoms with Crippen LogP contribution in [-0.2, 0) is 9.53 Å². The van der Waals surface area contributed by atoms with Crippen LogP contribution in [0.25, 0.3) is 0 Å². The average Bonchev–Trinajstić information content (AvgIpc) is 2.39. The van der Waals surface area contributed by atoms with Crippen molar-refractivity contribution in [1.29, 1.82) is 0 Å². The summed E-state index contributed by atoms with van der Waals surface area (Å²) in [4.78, 5) is 14.1. The summed E-state index contributed by atoms with van der Waals surface area (Å²) in [5.74, 6) is 1.17. The summed E-state index contributed by atoms with van der Waals surface area (Å²) in [6, 6.07) is 0.682. The number of nitrogens with zero attached hydrogens (tertiary/aromatic N) is 1. The second-order valence-electron chi connectivity index (χ2n) is 6.67. The molecule has 3 nitrogen and oxygen atoms in total. The van der Waals surface area contributed by atoms with Crippen molar-refractivity contribution in [2.45, 2.75) is 70.4 Å². The van der Waals surface area contributed by atoms with Gasteiger partial charge in [0.2, 0.25) is 0 Å². The van der Waals surface area contributed by atoms with E-state index in [0.29, 0.717) is 17.9 Å². The highest BCUT2D eigenvalue weighted by Gasteiger charge is 2.45. The van der Waals surface area contributed by atoms with Gasteiger partial charge < -0.3 is 4.74 Å². The third-order valence-corrected chi connectivity index (χ3v) is 5.49. The van der Waals surface area contributed by atoms with Crippen molar-refractivity contribution >= 4 is 5.97 Å². The largest absolute Gasteiger partial charge is 0.462 e. The molecule has 0 spiro atoms. The van der Waals surface area contributed by atoms with Crippen LogP contribution < -0.4 is 0 Å². The summed E-state index contributed by atoms with van der Waals surface area (Å²) in [5.41, 5.74) is 0. The SMILES string of the molecule is CC(=O)O[C@H]1[C@@H]2CCC[C@H]1[C@H](N1CCCCC1)CC2. The third kappa shape index (κ3) is 2.81. The fourth-order valence-corrected chi connectivity index (χ4v) is 4.69. The minimum Gasteiger partial charge on any atom is -0.462 e. The molecule has 2 bridgehead atoms. The Bertz CT molecular complexity index is 325. The van der Waals surface area contributed by atoms with Gasteiger partial charge in [0.25, 0.3) is 0 Å². The molecule has 1 saturated heterocycles. The Balaban J connectivity index is 1.72. The number of hydrogen-bond acceptors (Lipinski definition) is 3. The first-order valence-electron chi connectivity index (χ1n) is 8.17. The molecule has 0 aromatic rings. The van der Waals surface area contributed by atoms with Crippen LogP contribution in [0.2, 0.25) is 0 Å². The number of fused-ring (bicyclic) bond motifs is 2. The lowest BCUT2D eigenvalue weighted by Gasteiger charge is -2.50. The van der Waals surface area contributed by atoms with Crippen molar-refractivity contribution in [1.82, 2.24) is 4.90 Å². The molecule has 0 N–H and O–H groups in total. The minimum atomic E-state index is -0.0822. The third-order valence-electron chi connectivity index (χ3n) is 5.49. The molecule has 4 atom stereocenters. The maximum Gasteiger partial charge on any atom is 0.302 e. The molecule has 0 radical (unpaired) electrons. The molecule has 2 saturated carbocycles. The monoisotopic (exact) mass is 265 g/mol. The van der Waals surface area contributed by atoms with E-state index in [1.807, 2.05) is 0 Å². The molecule has 0 aromatic carbocycles. The number of rotatable bonds is 2. The second kappa shape index (κ2) is 5.82. The molecular weight excluding hydrogens is 238 g/mol. The predicted octanol–water partition coefficient (Wildman–Crippen LogP) is 2.98. The normalized spacial score (nSPS) is 39.8. The van der Waals surface area contributed by atoms with Crippen LogP contribution in [0, 0.1) is 11.8 Å². The Labute approximate surface area is 116 Å². The smallest absolute Gasteiger partial charge is 0.302 e. The van der Waals surface area contributed by atoms with Gasteiger partial charge >= 0.3 is 5.97 Å². The van der Waals surface area contributed by atoms with Crippen molar-refractivity contribution in [2.75, 3.05) is 13.1 Å². The number of hydrogen-bond donors (Lipinski definition) is 0. The fourth-order valence-electron chi connectivity index (χ4n) is 4.69. The molecular formula is C16H27NO2. The average molecular weight is 265 g/mol. The number of esters is 1. The Hall–Kier alpha value is -0.570. The number of carbonyl (C=O) groups is 1. The van der Waals surface area contributed by atoms with Crippen molar-refractivity contribution in [3.8, 4) is 0 Å². The van der Waals surface area contributed by atoms with Gasteiger partial charge in [-0.2, -0.15) is 0 Å². The van der Waals surface area contributed by atoms with Gasteiger partial charge in [0.15, 0.2) is 0 Å². The lowest BCUT2D eigenvalue weighted by Crippen LogP contribution is -2.54. The number of carbonyl (C=O) groups excluding carboxylic acids is 1. The van der Waals surface area contributed by atoms with Crippen LogP contribution in [0.3, 0.4) is 0 Å². The number of likely N-dealkylation sites (tertiary alicyclic amines) is 1. The van der Waals surface area contributed by atoms with E-state index in [1.165, 1.54) is 64.5 Å². The van der Waals surface area contributed by atoms with E-state index in [4.69, 9.17) is 4.74 Å². The molecule has 3 rings (SSSR count). The van der Waals surface area contributed by atoms with Gasteiger partial charge in [0.1, 0.15) is 6.10 Å². The first kappa shape index (κ1) is 13.4. The molecule has 108 valence electrons. The van der Waals surface area contributed by atoms with Crippen molar-refractivity contribution < 1.29 is 9.53 Å². The summed E-state index contributed by atoms with van der Waals surface area (Å²) in [7, 11) is 0. The highest BCUT2D eigenvalue weighted by molar-refractivity contribution is 5.66. The van der Waals surface area contributed by atoms with Crippen LogP contribution in [0.1, 0.15) is 58.3 Å². The summed E-state index contributed by atoms with van der Waals surface area (Å²) in [6.45, 7) is 4.09. The molecule has 0 aromatic heterocycles. The molecule has 1 heterocycles. The summed E-state index contributed by atoms with van der Waals surface area (Å²) in [5, 5.41) is 0. The van der Waals surface area contributed by atoms with E-state index in [9.17, 15) is 4.79 Å². The van der Waals surface area contributed by atoms with Crippen molar-refractivity contribution in [2.24, 2.45) is 11.8 Å². The summed E-state index contributed by atoms with van der Waals surface area (Å²) < 4.78 is 5.71. The van der Waals surface area contributed by atoms with Gasteiger partial charge in [-0.25, -0.2) is 0 Å². The van der Waals surface area contributed by atoms with Gasteiger partial charge in [0, 0.05) is 18.9 Å². The Morgan fingerprint density at radius 1 is 1.00 bits per heavy atom. The lowest BCUT2D eigenvalue weighted by molar-refractivity contribution is -0.162. The summed E-state index contributed by atoms with van der Waals surface area (Å²) >= 11 is 0. The number of piperidine rings is 1. The molecule has 2 aliphatic carbocycles. The van der Waals surface area contributed by atoms with E-state index in [-0.39, 0.29) is 12.1 Å². The van der Waals surface area contributed by atoms with E-state index < -0.39 is 0 Å². The standard InChI is InChI=1S/C16H27NO2/c1-12(18)19-16-13-6-5-7-14(16)15(9-8-13)17-10-3-2-4-11-17/h13-16H,2-11H2,1H3/t13-,14+,15-,16+/m1/s1. The zero-order chi connectivity index (χ0) is 13.2.